The highest BCUT2D eigenvalue weighted by molar-refractivity contribution is 6.33. The fraction of sp³-hybridized carbons (Fsp3) is 0.462. The van der Waals surface area contributed by atoms with E-state index in [2.05, 4.69) is 17.3 Å². The molecule has 1 aromatic rings. The Labute approximate surface area is 107 Å². The number of carbonyl (C=O) groups excluding carboxylic acids is 1. The Morgan fingerprint density at radius 2 is 2.00 bits per heavy atom. The van der Waals surface area contributed by atoms with Crippen LogP contribution >= 0.6 is 11.6 Å². The van der Waals surface area contributed by atoms with Crippen LogP contribution in [0.15, 0.2) is 24.3 Å². The van der Waals surface area contributed by atoms with Crippen LogP contribution in [0.1, 0.15) is 23.2 Å². The van der Waals surface area contributed by atoms with E-state index in [1.165, 1.54) is 0 Å². The molecule has 0 atom stereocenters. The first-order chi connectivity index (χ1) is 8.16. The number of halogens is 1. The third-order valence-electron chi connectivity index (χ3n) is 3.17. The molecule has 4 heteroatoms. The Balaban J connectivity index is 1.96. The fourth-order valence-corrected chi connectivity index (χ4v) is 2.28. The lowest BCUT2D eigenvalue weighted by atomic mass is 10.0. The van der Waals surface area contributed by atoms with Crippen molar-refractivity contribution in [2.75, 3.05) is 20.1 Å². The van der Waals surface area contributed by atoms with Crippen LogP contribution < -0.4 is 5.32 Å². The van der Waals surface area contributed by atoms with Crippen molar-refractivity contribution in [3.05, 3.63) is 34.9 Å². The predicted octanol–water partition coefficient (Wildman–Crippen LogP) is 2.16. The molecule has 3 nitrogen and oxygen atoms in total. The number of amides is 1. The largest absolute Gasteiger partial charge is 0.349 e. The molecule has 0 spiro atoms. The lowest BCUT2D eigenvalue weighted by Gasteiger charge is -2.29. The highest BCUT2D eigenvalue weighted by Gasteiger charge is 2.19. The van der Waals surface area contributed by atoms with E-state index in [4.69, 9.17) is 11.6 Å². The standard InChI is InChI=1S/C13H17ClN2O/c1-16-8-6-10(7-9-16)15-13(17)11-4-2-3-5-12(11)14/h2-5,10H,6-9H2,1H3,(H,15,17). The second-order valence-corrected chi connectivity index (χ2v) is 4.94. The minimum Gasteiger partial charge on any atom is -0.349 e. The monoisotopic (exact) mass is 252 g/mol. The fourth-order valence-electron chi connectivity index (χ4n) is 2.06. The van der Waals surface area contributed by atoms with Crippen LogP contribution in [-0.2, 0) is 0 Å². The number of hydrogen-bond acceptors (Lipinski definition) is 2. The van der Waals surface area contributed by atoms with Crippen molar-refractivity contribution in [2.24, 2.45) is 0 Å². The molecular weight excluding hydrogens is 236 g/mol. The topological polar surface area (TPSA) is 32.3 Å². The van der Waals surface area contributed by atoms with Crippen LogP contribution in [0.3, 0.4) is 0 Å². The third-order valence-corrected chi connectivity index (χ3v) is 3.50. The minimum absolute atomic E-state index is 0.0647. The summed E-state index contributed by atoms with van der Waals surface area (Å²) in [5.74, 6) is -0.0647. The average molecular weight is 253 g/mol. The Kier molecular flexibility index (Phi) is 4.02. The SMILES string of the molecule is CN1CCC(NC(=O)c2ccccc2Cl)CC1. The predicted molar refractivity (Wildman–Crippen MR) is 69.4 cm³/mol. The number of nitrogens with one attached hydrogen (secondary N) is 1. The first kappa shape index (κ1) is 12.4. The molecule has 1 saturated heterocycles. The van der Waals surface area contributed by atoms with Gasteiger partial charge in [0.1, 0.15) is 0 Å². The van der Waals surface area contributed by atoms with Crippen LogP contribution in [0.4, 0.5) is 0 Å². The van der Waals surface area contributed by atoms with Gasteiger partial charge < -0.3 is 10.2 Å². The van der Waals surface area contributed by atoms with E-state index in [1.807, 2.05) is 12.1 Å². The third kappa shape index (κ3) is 3.20. The van der Waals surface area contributed by atoms with Gasteiger partial charge in [-0.25, -0.2) is 0 Å². The van der Waals surface area contributed by atoms with Gasteiger partial charge in [0, 0.05) is 6.04 Å². The van der Waals surface area contributed by atoms with Gasteiger partial charge in [0.15, 0.2) is 0 Å². The summed E-state index contributed by atoms with van der Waals surface area (Å²) in [5, 5.41) is 3.56. The van der Waals surface area contributed by atoms with Crippen molar-refractivity contribution in [1.29, 1.82) is 0 Å². The highest BCUT2D eigenvalue weighted by atomic mass is 35.5. The Bertz CT molecular complexity index is 400. The summed E-state index contributed by atoms with van der Waals surface area (Å²) in [6, 6.07) is 7.43. The van der Waals surface area contributed by atoms with Crippen LogP contribution in [0, 0.1) is 0 Å². The van der Waals surface area contributed by atoms with Gasteiger partial charge in [-0.05, 0) is 45.1 Å². The first-order valence-corrected chi connectivity index (χ1v) is 6.28. The maximum Gasteiger partial charge on any atom is 0.253 e. The molecule has 1 amide bonds. The smallest absolute Gasteiger partial charge is 0.253 e. The van der Waals surface area contributed by atoms with Crippen LogP contribution in [0.25, 0.3) is 0 Å². The molecule has 0 radical (unpaired) electrons. The van der Waals surface area contributed by atoms with Gasteiger partial charge >= 0.3 is 0 Å². The zero-order valence-electron chi connectivity index (χ0n) is 9.95. The van der Waals surface area contributed by atoms with E-state index in [0.717, 1.165) is 25.9 Å². The van der Waals surface area contributed by atoms with Crippen molar-refractivity contribution in [2.45, 2.75) is 18.9 Å². The number of piperidine rings is 1. The second kappa shape index (κ2) is 5.52. The van der Waals surface area contributed by atoms with Crippen LogP contribution in [0.2, 0.25) is 5.02 Å². The van der Waals surface area contributed by atoms with Crippen molar-refractivity contribution >= 4 is 17.5 Å². The van der Waals surface area contributed by atoms with E-state index < -0.39 is 0 Å². The molecule has 0 saturated carbocycles. The summed E-state index contributed by atoms with van der Waals surface area (Å²) < 4.78 is 0. The molecule has 1 aromatic carbocycles. The van der Waals surface area contributed by atoms with Gasteiger partial charge in [0.05, 0.1) is 10.6 Å². The van der Waals surface area contributed by atoms with Crippen LogP contribution in [-0.4, -0.2) is 37.0 Å². The van der Waals surface area contributed by atoms with Gasteiger partial charge in [0.2, 0.25) is 0 Å². The summed E-state index contributed by atoms with van der Waals surface area (Å²) in [4.78, 5) is 14.3. The molecule has 1 fully saturated rings. The van der Waals surface area contributed by atoms with Crippen molar-refractivity contribution in [3.8, 4) is 0 Å². The van der Waals surface area contributed by atoms with Gasteiger partial charge in [-0.2, -0.15) is 0 Å². The van der Waals surface area contributed by atoms with E-state index in [-0.39, 0.29) is 11.9 Å². The summed E-state index contributed by atoms with van der Waals surface area (Å²) in [7, 11) is 2.10. The van der Waals surface area contributed by atoms with E-state index in [9.17, 15) is 4.79 Å². The molecule has 1 aliphatic heterocycles. The Hall–Kier alpha value is -1.06. The maximum atomic E-state index is 12.0. The molecular formula is C13H17ClN2O. The summed E-state index contributed by atoms with van der Waals surface area (Å²) >= 11 is 5.99. The van der Waals surface area contributed by atoms with Crippen molar-refractivity contribution < 1.29 is 4.79 Å². The number of rotatable bonds is 2. The molecule has 0 bridgehead atoms. The Morgan fingerprint density at radius 3 is 2.65 bits per heavy atom. The van der Waals surface area contributed by atoms with Gasteiger partial charge in [-0.15, -0.1) is 0 Å². The number of benzene rings is 1. The normalized spacial score (nSPS) is 18.0. The molecule has 17 heavy (non-hydrogen) atoms. The number of likely N-dealkylation sites (tertiary alicyclic amines) is 1. The van der Waals surface area contributed by atoms with Gasteiger partial charge in [-0.1, -0.05) is 23.7 Å². The minimum atomic E-state index is -0.0647. The zero-order chi connectivity index (χ0) is 12.3. The number of hydrogen-bond donors (Lipinski definition) is 1. The zero-order valence-corrected chi connectivity index (χ0v) is 10.7. The molecule has 0 aliphatic carbocycles. The molecule has 0 aromatic heterocycles. The van der Waals surface area contributed by atoms with Crippen molar-refractivity contribution in [3.63, 3.8) is 0 Å². The molecule has 1 aliphatic rings. The quantitative estimate of drug-likeness (QED) is 0.875. The molecule has 2 rings (SSSR count). The first-order valence-electron chi connectivity index (χ1n) is 5.91. The van der Waals surface area contributed by atoms with E-state index >= 15 is 0 Å². The second-order valence-electron chi connectivity index (χ2n) is 4.53. The molecule has 92 valence electrons. The van der Waals surface area contributed by atoms with E-state index in [0.29, 0.717) is 10.6 Å². The lowest BCUT2D eigenvalue weighted by molar-refractivity contribution is 0.0917. The molecule has 1 heterocycles. The summed E-state index contributed by atoms with van der Waals surface area (Å²) in [6.45, 7) is 2.07. The molecule has 0 unspecified atom stereocenters. The van der Waals surface area contributed by atoms with Gasteiger partial charge in [-0.3, -0.25) is 4.79 Å². The van der Waals surface area contributed by atoms with E-state index in [1.54, 1.807) is 12.1 Å². The highest BCUT2D eigenvalue weighted by Crippen LogP contribution is 2.16. The maximum absolute atomic E-state index is 12.0. The average Bonchev–Trinajstić information content (AvgIpc) is 2.32. The van der Waals surface area contributed by atoms with Crippen LogP contribution in [0.5, 0.6) is 0 Å². The summed E-state index contributed by atoms with van der Waals surface area (Å²) in [6.07, 6.45) is 2.01. The molecule has 1 N–H and O–H groups in total. The number of nitrogens with zero attached hydrogens (tertiary/aromatic N) is 1. The summed E-state index contributed by atoms with van der Waals surface area (Å²) in [5.41, 5.74) is 0.563. The lowest BCUT2D eigenvalue weighted by Crippen LogP contribution is -2.43. The Morgan fingerprint density at radius 1 is 1.35 bits per heavy atom. The van der Waals surface area contributed by atoms with Crippen molar-refractivity contribution in [1.82, 2.24) is 10.2 Å². The number of carbonyl (C=O) groups is 1. The van der Waals surface area contributed by atoms with Gasteiger partial charge in [0.25, 0.3) is 5.91 Å².